The van der Waals surface area contributed by atoms with Crippen molar-refractivity contribution in [2.75, 3.05) is 0 Å². The van der Waals surface area contributed by atoms with Crippen LogP contribution in [0.25, 0.3) is 0 Å². The van der Waals surface area contributed by atoms with Gasteiger partial charge in [-0.2, -0.15) is 0 Å². The maximum atomic E-state index is 12.7. The molecule has 0 aliphatic heterocycles. The van der Waals surface area contributed by atoms with E-state index in [1.807, 2.05) is 0 Å². The zero-order chi connectivity index (χ0) is 14.5. The van der Waals surface area contributed by atoms with E-state index in [1.165, 1.54) is 36.4 Å². The van der Waals surface area contributed by atoms with Gasteiger partial charge in [-0.15, -0.1) is 0 Å². The molecule has 0 fully saturated rings. The van der Waals surface area contributed by atoms with E-state index in [9.17, 15) is 19.1 Å². The number of amides is 2. The molecule has 0 saturated heterocycles. The maximum absolute atomic E-state index is 12.7. The summed E-state index contributed by atoms with van der Waals surface area (Å²) >= 11 is 0. The Morgan fingerprint density at radius 2 is 1.50 bits per heavy atom. The lowest BCUT2D eigenvalue weighted by Crippen LogP contribution is -2.41. The highest BCUT2D eigenvalue weighted by Crippen LogP contribution is 2.10. The molecule has 6 heteroatoms. The van der Waals surface area contributed by atoms with Gasteiger partial charge in [-0.05, 0) is 42.5 Å². The first-order valence-electron chi connectivity index (χ1n) is 5.71. The van der Waals surface area contributed by atoms with Crippen LogP contribution in [0.3, 0.4) is 0 Å². The third-order valence-electron chi connectivity index (χ3n) is 2.50. The minimum absolute atomic E-state index is 0.0532. The predicted octanol–water partition coefficient (Wildman–Crippen LogP) is 1.61. The van der Waals surface area contributed by atoms with E-state index in [0.29, 0.717) is 0 Å². The third kappa shape index (κ3) is 3.32. The SMILES string of the molecule is O=C(NNC(=O)c1cccc(O)c1)c1ccc(F)cc1. The number of hydrazine groups is 1. The number of hydrogen-bond acceptors (Lipinski definition) is 3. The highest BCUT2D eigenvalue weighted by molar-refractivity contribution is 5.99. The first-order valence-corrected chi connectivity index (χ1v) is 5.71. The predicted molar refractivity (Wildman–Crippen MR) is 69.4 cm³/mol. The number of halogens is 1. The topological polar surface area (TPSA) is 78.4 Å². The van der Waals surface area contributed by atoms with Crippen LogP contribution in [0.2, 0.25) is 0 Å². The molecule has 0 radical (unpaired) electrons. The van der Waals surface area contributed by atoms with Crippen molar-refractivity contribution in [2.24, 2.45) is 0 Å². The Hall–Kier alpha value is -2.89. The number of aromatic hydroxyl groups is 1. The average Bonchev–Trinajstić information content (AvgIpc) is 2.45. The van der Waals surface area contributed by atoms with Gasteiger partial charge in [-0.25, -0.2) is 4.39 Å². The monoisotopic (exact) mass is 274 g/mol. The van der Waals surface area contributed by atoms with Gasteiger partial charge in [-0.1, -0.05) is 6.07 Å². The van der Waals surface area contributed by atoms with Crippen molar-refractivity contribution in [1.29, 1.82) is 0 Å². The largest absolute Gasteiger partial charge is 0.508 e. The molecule has 20 heavy (non-hydrogen) atoms. The molecule has 0 atom stereocenters. The quantitative estimate of drug-likeness (QED) is 0.728. The zero-order valence-electron chi connectivity index (χ0n) is 10.3. The van der Waals surface area contributed by atoms with Crippen molar-refractivity contribution in [3.63, 3.8) is 0 Å². The second-order valence-corrected chi connectivity index (χ2v) is 3.97. The molecule has 0 bridgehead atoms. The summed E-state index contributed by atoms with van der Waals surface area (Å²) in [5, 5.41) is 9.24. The molecule has 0 spiro atoms. The Kier molecular flexibility index (Phi) is 3.95. The molecular formula is C14H11FN2O3. The Morgan fingerprint density at radius 3 is 2.10 bits per heavy atom. The number of carbonyl (C=O) groups excluding carboxylic acids is 2. The highest BCUT2D eigenvalue weighted by Gasteiger charge is 2.09. The highest BCUT2D eigenvalue weighted by atomic mass is 19.1. The Morgan fingerprint density at radius 1 is 0.900 bits per heavy atom. The van der Waals surface area contributed by atoms with E-state index < -0.39 is 17.6 Å². The van der Waals surface area contributed by atoms with Crippen LogP contribution in [-0.2, 0) is 0 Å². The van der Waals surface area contributed by atoms with Gasteiger partial charge in [0.15, 0.2) is 0 Å². The normalized spacial score (nSPS) is 9.85. The fourth-order valence-corrected chi connectivity index (χ4v) is 1.51. The lowest BCUT2D eigenvalue weighted by Gasteiger charge is -2.07. The molecule has 2 amide bonds. The van der Waals surface area contributed by atoms with E-state index in [0.717, 1.165) is 12.1 Å². The van der Waals surface area contributed by atoms with Crippen LogP contribution >= 0.6 is 0 Å². The van der Waals surface area contributed by atoms with Gasteiger partial charge in [0.2, 0.25) is 0 Å². The summed E-state index contributed by atoms with van der Waals surface area (Å²) in [7, 11) is 0. The molecule has 0 aromatic heterocycles. The minimum atomic E-state index is -0.573. The summed E-state index contributed by atoms with van der Waals surface area (Å²) in [6.07, 6.45) is 0. The van der Waals surface area contributed by atoms with Gasteiger partial charge in [0, 0.05) is 11.1 Å². The van der Waals surface area contributed by atoms with E-state index in [2.05, 4.69) is 10.9 Å². The summed E-state index contributed by atoms with van der Waals surface area (Å²) in [4.78, 5) is 23.4. The number of carbonyl (C=O) groups is 2. The molecule has 2 rings (SSSR count). The van der Waals surface area contributed by atoms with Crippen LogP contribution in [0, 0.1) is 5.82 Å². The first-order chi connectivity index (χ1) is 9.56. The molecular weight excluding hydrogens is 263 g/mol. The Bertz CT molecular complexity index is 641. The van der Waals surface area contributed by atoms with Gasteiger partial charge in [0.05, 0.1) is 0 Å². The molecule has 0 saturated carbocycles. The minimum Gasteiger partial charge on any atom is -0.508 e. The Labute approximate surface area is 114 Å². The number of phenolic OH excluding ortho intramolecular Hbond substituents is 1. The van der Waals surface area contributed by atoms with E-state index in [1.54, 1.807) is 0 Å². The zero-order valence-corrected chi connectivity index (χ0v) is 10.3. The summed E-state index contributed by atoms with van der Waals surface area (Å²) in [5.74, 6) is -1.65. The lowest BCUT2D eigenvalue weighted by molar-refractivity contribution is 0.0846. The molecule has 102 valence electrons. The number of hydrogen-bond donors (Lipinski definition) is 3. The van der Waals surface area contributed by atoms with Gasteiger partial charge < -0.3 is 5.11 Å². The maximum Gasteiger partial charge on any atom is 0.269 e. The summed E-state index contributed by atoms with van der Waals surface area (Å²) < 4.78 is 12.7. The second-order valence-electron chi connectivity index (χ2n) is 3.97. The van der Waals surface area contributed by atoms with E-state index in [-0.39, 0.29) is 16.9 Å². The number of nitrogens with one attached hydrogen (secondary N) is 2. The third-order valence-corrected chi connectivity index (χ3v) is 2.50. The van der Waals surface area contributed by atoms with Crippen LogP contribution < -0.4 is 10.9 Å². The standard InChI is InChI=1S/C14H11FN2O3/c15-11-6-4-9(5-7-11)13(19)16-17-14(20)10-2-1-3-12(18)8-10/h1-8,18H,(H,16,19)(H,17,20). The molecule has 5 nitrogen and oxygen atoms in total. The second kappa shape index (κ2) is 5.83. The summed E-state index contributed by atoms with van der Waals surface area (Å²) in [5.41, 5.74) is 4.80. The summed E-state index contributed by atoms with van der Waals surface area (Å²) in [6.45, 7) is 0. The van der Waals surface area contributed by atoms with Gasteiger partial charge in [0.1, 0.15) is 11.6 Å². The van der Waals surface area contributed by atoms with Crippen molar-refractivity contribution < 1.29 is 19.1 Å². The molecule has 2 aromatic carbocycles. The van der Waals surface area contributed by atoms with Crippen molar-refractivity contribution >= 4 is 11.8 Å². The van der Waals surface area contributed by atoms with Crippen molar-refractivity contribution in [1.82, 2.24) is 10.9 Å². The van der Waals surface area contributed by atoms with Crippen molar-refractivity contribution in [3.05, 3.63) is 65.5 Å². The van der Waals surface area contributed by atoms with Crippen molar-refractivity contribution in [3.8, 4) is 5.75 Å². The van der Waals surface area contributed by atoms with Gasteiger partial charge in [0.25, 0.3) is 11.8 Å². The van der Waals surface area contributed by atoms with Crippen molar-refractivity contribution in [2.45, 2.75) is 0 Å². The fourth-order valence-electron chi connectivity index (χ4n) is 1.51. The molecule has 0 aliphatic carbocycles. The number of phenols is 1. The van der Waals surface area contributed by atoms with E-state index >= 15 is 0 Å². The Balaban J connectivity index is 1.96. The average molecular weight is 274 g/mol. The number of benzene rings is 2. The van der Waals surface area contributed by atoms with E-state index in [4.69, 9.17) is 0 Å². The number of rotatable bonds is 2. The van der Waals surface area contributed by atoms with Crippen LogP contribution in [0.4, 0.5) is 4.39 Å². The molecule has 3 N–H and O–H groups in total. The van der Waals surface area contributed by atoms with Crippen LogP contribution in [0.5, 0.6) is 5.75 Å². The van der Waals surface area contributed by atoms with Crippen LogP contribution in [0.1, 0.15) is 20.7 Å². The molecule has 0 heterocycles. The molecule has 0 aliphatic rings. The van der Waals surface area contributed by atoms with Crippen LogP contribution in [0.15, 0.2) is 48.5 Å². The van der Waals surface area contributed by atoms with Gasteiger partial charge >= 0.3 is 0 Å². The molecule has 2 aromatic rings. The van der Waals surface area contributed by atoms with Gasteiger partial charge in [-0.3, -0.25) is 20.4 Å². The first kappa shape index (κ1) is 13.5. The lowest BCUT2D eigenvalue weighted by atomic mass is 10.2. The summed E-state index contributed by atoms with van der Waals surface area (Å²) in [6, 6.07) is 10.6. The molecule has 0 unspecified atom stereocenters. The van der Waals surface area contributed by atoms with Crippen LogP contribution in [-0.4, -0.2) is 16.9 Å². The smallest absolute Gasteiger partial charge is 0.269 e. The fraction of sp³-hybridized carbons (Fsp3) is 0.